The second kappa shape index (κ2) is 8.17. The van der Waals surface area contributed by atoms with E-state index < -0.39 is 0 Å². The maximum atomic E-state index is 12.1. The summed E-state index contributed by atoms with van der Waals surface area (Å²) >= 11 is 18.3. The van der Waals surface area contributed by atoms with Gasteiger partial charge >= 0.3 is 0 Å². The van der Waals surface area contributed by atoms with Crippen LogP contribution >= 0.6 is 34.8 Å². The van der Waals surface area contributed by atoms with Crippen LogP contribution < -0.4 is 5.43 Å². The van der Waals surface area contributed by atoms with E-state index in [1.807, 2.05) is 30.5 Å². The second-order valence-electron chi connectivity index (χ2n) is 5.97. The molecule has 1 N–H and O–H groups in total. The fraction of sp³-hybridized carbons (Fsp3) is 0.100. The van der Waals surface area contributed by atoms with E-state index in [4.69, 9.17) is 34.8 Å². The van der Waals surface area contributed by atoms with Crippen LogP contribution in [0, 0.1) is 13.8 Å². The molecule has 138 valence electrons. The summed E-state index contributed by atoms with van der Waals surface area (Å²) in [5.41, 5.74) is 6.50. The molecule has 0 bridgehead atoms. The smallest absolute Gasteiger partial charge is 0.271 e. The zero-order valence-electron chi connectivity index (χ0n) is 14.6. The molecule has 0 spiro atoms. The standard InChI is InChI=1S/C20H16Cl3N3O/c1-12-8-15(11-24-25-20(27)14-4-3-5-16(21)9-14)13(2)26(12)19-10-17(22)6-7-18(19)23/h3-11H,1-2H3,(H,25,27)/b24-11-. The molecule has 0 saturated carbocycles. The van der Waals surface area contributed by atoms with E-state index in [1.165, 1.54) is 0 Å². The van der Waals surface area contributed by atoms with Crippen LogP contribution in [0.4, 0.5) is 0 Å². The molecule has 2 aromatic carbocycles. The van der Waals surface area contributed by atoms with Crippen molar-refractivity contribution < 1.29 is 4.79 Å². The SMILES string of the molecule is Cc1cc(/C=N\NC(=O)c2cccc(Cl)c2)c(C)n1-c1cc(Cl)ccc1Cl. The summed E-state index contributed by atoms with van der Waals surface area (Å²) in [6, 6.07) is 13.9. The van der Waals surface area contributed by atoms with Crippen LogP contribution in [0.3, 0.4) is 0 Å². The Morgan fingerprint density at radius 3 is 2.52 bits per heavy atom. The van der Waals surface area contributed by atoms with Gasteiger partial charge in [-0.1, -0.05) is 40.9 Å². The number of carbonyl (C=O) groups is 1. The van der Waals surface area contributed by atoms with Gasteiger partial charge in [-0.25, -0.2) is 5.43 Å². The molecule has 4 nitrogen and oxygen atoms in total. The van der Waals surface area contributed by atoms with Crippen molar-refractivity contribution in [3.8, 4) is 5.69 Å². The van der Waals surface area contributed by atoms with Crippen LogP contribution in [-0.2, 0) is 0 Å². The predicted molar refractivity (Wildman–Crippen MR) is 112 cm³/mol. The number of aryl methyl sites for hydroxylation is 1. The molecule has 0 radical (unpaired) electrons. The molecule has 0 fully saturated rings. The third-order valence-electron chi connectivity index (χ3n) is 4.08. The molecule has 0 aliphatic heterocycles. The zero-order chi connectivity index (χ0) is 19.6. The Morgan fingerprint density at radius 2 is 1.78 bits per heavy atom. The third kappa shape index (κ3) is 4.35. The number of hydrogen-bond acceptors (Lipinski definition) is 2. The molecular formula is C20H16Cl3N3O. The average molecular weight is 421 g/mol. The van der Waals surface area contributed by atoms with Gasteiger partial charge < -0.3 is 4.57 Å². The molecule has 27 heavy (non-hydrogen) atoms. The first-order valence-corrected chi connectivity index (χ1v) is 9.23. The fourth-order valence-electron chi connectivity index (χ4n) is 2.80. The molecule has 3 rings (SSSR count). The monoisotopic (exact) mass is 419 g/mol. The Labute approximate surface area is 172 Å². The molecule has 0 aliphatic rings. The van der Waals surface area contributed by atoms with Crippen LogP contribution in [0.5, 0.6) is 0 Å². The maximum absolute atomic E-state index is 12.1. The number of hydrogen-bond donors (Lipinski definition) is 1. The molecule has 0 atom stereocenters. The van der Waals surface area contributed by atoms with Crippen molar-refractivity contribution in [2.24, 2.45) is 5.10 Å². The lowest BCUT2D eigenvalue weighted by Gasteiger charge is -2.12. The molecule has 7 heteroatoms. The summed E-state index contributed by atoms with van der Waals surface area (Å²) in [6.07, 6.45) is 1.60. The van der Waals surface area contributed by atoms with E-state index in [0.717, 1.165) is 22.6 Å². The summed E-state index contributed by atoms with van der Waals surface area (Å²) in [4.78, 5) is 12.1. The lowest BCUT2D eigenvalue weighted by atomic mass is 10.2. The highest BCUT2D eigenvalue weighted by Gasteiger charge is 2.13. The van der Waals surface area contributed by atoms with Gasteiger partial charge in [-0.2, -0.15) is 5.10 Å². The molecule has 1 heterocycles. The van der Waals surface area contributed by atoms with Crippen molar-refractivity contribution in [3.05, 3.63) is 86.1 Å². The quantitative estimate of drug-likeness (QED) is 0.419. The van der Waals surface area contributed by atoms with Crippen molar-refractivity contribution in [2.75, 3.05) is 0 Å². The van der Waals surface area contributed by atoms with Crippen molar-refractivity contribution in [3.63, 3.8) is 0 Å². The number of amides is 1. The molecular weight excluding hydrogens is 405 g/mol. The van der Waals surface area contributed by atoms with Crippen molar-refractivity contribution in [2.45, 2.75) is 13.8 Å². The highest BCUT2D eigenvalue weighted by molar-refractivity contribution is 6.34. The van der Waals surface area contributed by atoms with Crippen LogP contribution in [0.15, 0.2) is 53.6 Å². The number of hydrazone groups is 1. The van der Waals surface area contributed by atoms with Crippen molar-refractivity contribution in [1.29, 1.82) is 0 Å². The van der Waals surface area contributed by atoms with Gasteiger partial charge in [0.25, 0.3) is 5.91 Å². The van der Waals surface area contributed by atoms with Gasteiger partial charge in [-0.3, -0.25) is 4.79 Å². The van der Waals surface area contributed by atoms with E-state index in [0.29, 0.717) is 20.6 Å². The summed E-state index contributed by atoms with van der Waals surface area (Å²) in [5, 5.41) is 5.75. The van der Waals surface area contributed by atoms with Gasteiger partial charge in [0.2, 0.25) is 0 Å². The first-order chi connectivity index (χ1) is 12.9. The predicted octanol–water partition coefficient (Wildman–Crippen LogP) is 5.82. The summed E-state index contributed by atoms with van der Waals surface area (Å²) in [7, 11) is 0. The van der Waals surface area contributed by atoms with Crippen LogP contribution in [0.25, 0.3) is 5.69 Å². The highest BCUT2D eigenvalue weighted by atomic mass is 35.5. The first kappa shape index (κ1) is 19.5. The van der Waals surface area contributed by atoms with E-state index in [-0.39, 0.29) is 5.91 Å². The van der Waals surface area contributed by atoms with Crippen molar-refractivity contribution >= 4 is 46.9 Å². The Morgan fingerprint density at radius 1 is 1.04 bits per heavy atom. The number of rotatable bonds is 4. The fourth-order valence-corrected chi connectivity index (χ4v) is 3.36. The van der Waals surface area contributed by atoms with E-state index in [1.54, 1.807) is 42.6 Å². The average Bonchev–Trinajstić information content (AvgIpc) is 2.91. The topological polar surface area (TPSA) is 46.4 Å². The van der Waals surface area contributed by atoms with Gasteiger partial charge in [0, 0.05) is 32.6 Å². The number of halogens is 3. The van der Waals surface area contributed by atoms with Crippen LogP contribution in [0.1, 0.15) is 27.3 Å². The van der Waals surface area contributed by atoms with Crippen LogP contribution in [-0.4, -0.2) is 16.7 Å². The number of aromatic nitrogens is 1. The molecule has 3 aromatic rings. The van der Waals surface area contributed by atoms with Crippen LogP contribution in [0.2, 0.25) is 15.1 Å². The Hall–Kier alpha value is -2.27. The largest absolute Gasteiger partial charge is 0.316 e. The minimum Gasteiger partial charge on any atom is -0.316 e. The molecule has 1 amide bonds. The molecule has 1 aromatic heterocycles. The maximum Gasteiger partial charge on any atom is 0.271 e. The van der Waals surface area contributed by atoms with Gasteiger partial charge in [0.05, 0.1) is 16.9 Å². The summed E-state index contributed by atoms with van der Waals surface area (Å²) < 4.78 is 1.99. The third-order valence-corrected chi connectivity index (χ3v) is 4.87. The second-order valence-corrected chi connectivity index (χ2v) is 7.25. The Kier molecular flexibility index (Phi) is 5.90. The number of benzene rings is 2. The van der Waals surface area contributed by atoms with Crippen molar-refractivity contribution in [1.82, 2.24) is 9.99 Å². The minimum absolute atomic E-state index is 0.333. The van der Waals surface area contributed by atoms with E-state index >= 15 is 0 Å². The Balaban J connectivity index is 1.83. The molecule has 0 saturated heterocycles. The normalized spacial score (nSPS) is 11.1. The van der Waals surface area contributed by atoms with Gasteiger partial charge in [-0.05, 0) is 56.3 Å². The number of carbonyl (C=O) groups excluding carboxylic acids is 1. The Bertz CT molecular complexity index is 1040. The summed E-state index contributed by atoms with van der Waals surface area (Å²) in [5.74, 6) is -0.333. The van der Waals surface area contributed by atoms with Gasteiger partial charge in [0.15, 0.2) is 0 Å². The number of nitrogens with zero attached hydrogens (tertiary/aromatic N) is 2. The van der Waals surface area contributed by atoms with E-state index in [2.05, 4.69) is 10.5 Å². The number of nitrogens with one attached hydrogen (secondary N) is 1. The molecule has 0 unspecified atom stereocenters. The highest BCUT2D eigenvalue weighted by Crippen LogP contribution is 2.28. The van der Waals surface area contributed by atoms with E-state index in [9.17, 15) is 4.79 Å². The summed E-state index contributed by atoms with van der Waals surface area (Å²) in [6.45, 7) is 3.91. The van der Waals surface area contributed by atoms with Gasteiger partial charge in [0.1, 0.15) is 0 Å². The first-order valence-electron chi connectivity index (χ1n) is 8.10. The van der Waals surface area contributed by atoms with Gasteiger partial charge in [-0.15, -0.1) is 0 Å². The zero-order valence-corrected chi connectivity index (χ0v) is 16.9. The lowest BCUT2D eigenvalue weighted by molar-refractivity contribution is 0.0955. The molecule has 0 aliphatic carbocycles. The minimum atomic E-state index is -0.333. The lowest BCUT2D eigenvalue weighted by Crippen LogP contribution is -2.17.